The van der Waals surface area contributed by atoms with Gasteiger partial charge in [0.2, 0.25) is 5.95 Å². The van der Waals surface area contributed by atoms with E-state index in [0.29, 0.717) is 17.1 Å². The number of methoxy groups -OCH3 is 2. The van der Waals surface area contributed by atoms with Crippen molar-refractivity contribution in [1.82, 2.24) is 14.2 Å². The standard InChI is InChI=1S/C54H55N4O7PSi/c1-61-44-30-26-42(27-31-44)54(41-19-10-5-11-20-41,43-28-32-45(62-2)33-29-43)63-38-46(37-57-36-34-51(59)55-53(57)56-52(60)40-17-8-4-9-18-40)64-66-58-35-16-25-49(58)50(65-66)39-67(3,47-21-12-6-13-22-47)48-23-14-7-15-24-48/h4-15,17-24,26-34,36,46,49-50H,16,25,35,37-39H2,1-3H3,(H,55,56,59,60)/t46-,49-,50+,66+/m0/s1. The third kappa shape index (κ3) is 9.92. The first-order chi connectivity index (χ1) is 32.8. The zero-order chi connectivity index (χ0) is 46.2. The highest BCUT2D eigenvalue weighted by Gasteiger charge is 2.51. The number of carbonyl (C=O) groups excluding carboxylic acids is 1. The Morgan fingerprint density at radius 1 is 0.761 bits per heavy atom. The van der Waals surface area contributed by atoms with Crippen LogP contribution in [-0.4, -0.2) is 73.8 Å². The van der Waals surface area contributed by atoms with Gasteiger partial charge in [0.1, 0.15) is 31.3 Å². The quantitative estimate of drug-likeness (QED) is 0.0513. The molecule has 9 rings (SSSR count). The van der Waals surface area contributed by atoms with Crippen LogP contribution in [-0.2, 0) is 25.9 Å². The van der Waals surface area contributed by atoms with Crippen molar-refractivity contribution in [1.29, 1.82) is 0 Å². The van der Waals surface area contributed by atoms with Crippen molar-refractivity contribution in [3.05, 3.63) is 215 Å². The molecule has 3 heterocycles. The van der Waals surface area contributed by atoms with E-state index in [2.05, 4.69) is 94.3 Å². The normalized spacial score (nSPS) is 17.7. The van der Waals surface area contributed by atoms with Gasteiger partial charge in [-0.3, -0.25) is 14.9 Å². The third-order valence-corrected chi connectivity index (χ3v) is 19.3. The summed E-state index contributed by atoms with van der Waals surface area (Å²) in [6, 6.07) is 59.1. The molecule has 0 unspecified atom stereocenters. The van der Waals surface area contributed by atoms with Crippen molar-refractivity contribution in [2.45, 2.75) is 55.8 Å². The van der Waals surface area contributed by atoms with Crippen molar-refractivity contribution >= 4 is 38.8 Å². The average molecular weight is 931 g/mol. The lowest BCUT2D eigenvalue weighted by atomic mass is 9.80. The fraction of sp³-hybridized carbons (Fsp3) is 0.241. The van der Waals surface area contributed by atoms with Crippen LogP contribution >= 0.6 is 8.53 Å². The first kappa shape index (κ1) is 45.9. The van der Waals surface area contributed by atoms with Gasteiger partial charge < -0.3 is 27.8 Å². The Hall–Kier alpha value is -6.24. The van der Waals surface area contributed by atoms with Gasteiger partial charge in [-0.1, -0.05) is 150 Å². The Kier molecular flexibility index (Phi) is 14.2. The van der Waals surface area contributed by atoms with Crippen molar-refractivity contribution < 1.29 is 28.1 Å². The molecular weight excluding hydrogens is 876 g/mol. The molecule has 0 radical (unpaired) electrons. The first-order valence-corrected chi connectivity index (χ1v) is 26.5. The number of ether oxygens (including phenoxy) is 3. The van der Waals surface area contributed by atoms with Crippen LogP contribution < -0.4 is 30.7 Å². The molecule has 2 fully saturated rings. The predicted molar refractivity (Wildman–Crippen MR) is 266 cm³/mol. The molecule has 2 saturated heterocycles. The minimum atomic E-state index is -2.30. The molecule has 1 amide bonds. The summed E-state index contributed by atoms with van der Waals surface area (Å²) in [5.41, 5.74) is 1.46. The summed E-state index contributed by atoms with van der Waals surface area (Å²) >= 11 is 0. The summed E-state index contributed by atoms with van der Waals surface area (Å²) in [5.74, 6) is 1.14. The van der Waals surface area contributed by atoms with E-state index in [1.165, 1.54) is 16.4 Å². The number of anilines is 1. The summed E-state index contributed by atoms with van der Waals surface area (Å²) in [4.78, 5) is 30.7. The fourth-order valence-electron chi connectivity index (χ4n) is 9.48. The second-order valence-corrected chi connectivity index (χ2v) is 22.8. The van der Waals surface area contributed by atoms with Crippen LogP contribution in [0.15, 0.2) is 187 Å². The second-order valence-electron chi connectivity index (χ2n) is 17.1. The van der Waals surface area contributed by atoms with E-state index in [1.54, 1.807) is 49.2 Å². The largest absolute Gasteiger partial charge is 0.497 e. The molecule has 1 N–H and O–H groups in total. The summed E-state index contributed by atoms with van der Waals surface area (Å²) in [6.45, 7) is 3.53. The van der Waals surface area contributed by atoms with Crippen molar-refractivity contribution in [2.75, 3.05) is 32.7 Å². The number of aromatic nitrogens is 2. The van der Waals surface area contributed by atoms with Gasteiger partial charge in [-0.15, -0.1) is 0 Å². The van der Waals surface area contributed by atoms with Crippen LogP contribution in [0.25, 0.3) is 0 Å². The number of fused-ring (bicyclic) bond motifs is 1. The SMILES string of the molecule is COc1ccc(C(OC[C@H](Cn2ccc(=O)nc2NC(=O)c2ccccc2)O[P@]2O[C@H](C[Si](C)(c3ccccc3)c3ccccc3)[C@@H]3CCCN32)(c2ccccc2)c2ccc(OC)cc2)cc1. The third-order valence-electron chi connectivity index (χ3n) is 13.0. The first-order valence-electron chi connectivity index (χ1n) is 22.7. The number of benzene rings is 6. The van der Waals surface area contributed by atoms with E-state index in [-0.39, 0.29) is 31.2 Å². The number of amides is 1. The number of nitrogens with zero attached hydrogens (tertiary/aromatic N) is 3. The minimum Gasteiger partial charge on any atom is -0.497 e. The van der Waals surface area contributed by atoms with Crippen LogP contribution in [0.4, 0.5) is 5.95 Å². The molecule has 4 atom stereocenters. The molecule has 2 aliphatic rings. The summed E-state index contributed by atoms with van der Waals surface area (Å²) in [5, 5.41) is 5.63. The monoisotopic (exact) mass is 930 g/mol. The number of hydrogen-bond donors (Lipinski definition) is 1. The van der Waals surface area contributed by atoms with Crippen molar-refractivity contribution in [3.63, 3.8) is 0 Å². The van der Waals surface area contributed by atoms with E-state index in [1.807, 2.05) is 72.8 Å². The van der Waals surface area contributed by atoms with Gasteiger partial charge in [-0.25, -0.2) is 4.67 Å². The molecule has 1 aromatic heterocycles. The highest BCUT2D eigenvalue weighted by Crippen LogP contribution is 2.58. The van der Waals surface area contributed by atoms with E-state index < -0.39 is 39.8 Å². The molecule has 67 heavy (non-hydrogen) atoms. The Balaban J connectivity index is 1.10. The number of nitrogens with one attached hydrogen (secondary N) is 1. The topological polar surface area (TPSA) is 113 Å². The minimum absolute atomic E-state index is 0.0657. The van der Waals surface area contributed by atoms with Gasteiger partial charge in [0.25, 0.3) is 20.0 Å². The fourth-order valence-corrected chi connectivity index (χ4v) is 15.4. The molecule has 0 aliphatic carbocycles. The van der Waals surface area contributed by atoms with Crippen LogP contribution in [0.3, 0.4) is 0 Å². The van der Waals surface area contributed by atoms with Crippen molar-refractivity contribution in [3.8, 4) is 11.5 Å². The van der Waals surface area contributed by atoms with E-state index >= 15 is 0 Å². The Morgan fingerprint density at radius 2 is 1.30 bits per heavy atom. The molecule has 0 bridgehead atoms. The van der Waals surface area contributed by atoms with Crippen molar-refractivity contribution in [2.24, 2.45) is 0 Å². The second kappa shape index (κ2) is 20.7. The van der Waals surface area contributed by atoms with E-state index in [9.17, 15) is 9.59 Å². The predicted octanol–water partition coefficient (Wildman–Crippen LogP) is 8.89. The molecule has 0 spiro atoms. The Labute approximate surface area is 394 Å². The molecular formula is C54H55N4O7PSi. The van der Waals surface area contributed by atoms with Gasteiger partial charge in [0, 0.05) is 30.4 Å². The number of carbonyl (C=O) groups is 1. The van der Waals surface area contributed by atoms with Gasteiger partial charge in [0.05, 0.1) is 33.5 Å². The maximum absolute atomic E-state index is 13.6. The van der Waals surface area contributed by atoms with Gasteiger partial charge in [0.15, 0.2) is 0 Å². The summed E-state index contributed by atoms with van der Waals surface area (Å²) < 4.78 is 37.4. The van der Waals surface area contributed by atoms with Gasteiger partial charge in [-0.2, -0.15) is 4.98 Å². The van der Waals surface area contributed by atoms with E-state index in [0.717, 1.165) is 42.1 Å². The average Bonchev–Trinajstić information content (AvgIpc) is 4.00. The molecule has 2 aliphatic heterocycles. The maximum atomic E-state index is 13.6. The highest BCUT2D eigenvalue weighted by molar-refractivity contribution is 7.45. The number of rotatable bonds is 18. The van der Waals surface area contributed by atoms with Crippen LogP contribution in [0, 0.1) is 0 Å². The highest BCUT2D eigenvalue weighted by atomic mass is 31.2. The summed E-state index contributed by atoms with van der Waals surface area (Å²) in [6.07, 6.45) is 2.95. The zero-order valence-corrected chi connectivity index (χ0v) is 39.8. The van der Waals surface area contributed by atoms with Crippen LogP contribution in [0.5, 0.6) is 11.5 Å². The molecule has 7 aromatic rings. The van der Waals surface area contributed by atoms with Gasteiger partial charge in [-0.05, 0) is 72.0 Å². The zero-order valence-electron chi connectivity index (χ0n) is 37.9. The lowest BCUT2D eigenvalue weighted by molar-refractivity contribution is -0.0360. The van der Waals surface area contributed by atoms with Gasteiger partial charge >= 0.3 is 0 Å². The van der Waals surface area contributed by atoms with Crippen LogP contribution in [0.1, 0.15) is 39.9 Å². The Morgan fingerprint density at radius 3 is 1.87 bits per heavy atom. The molecule has 342 valence electrons. The maximum Gasteiger partial charge on any atom is 0.274 e. The van der Waals surface area contributed by atoms with E-state index in [4.69, 9.17) is 23.3 Å². The summed E-state index contributed by atoms with van der Waals surface area (Å²) in [7, 11) is -0.583. The lowest BCUT2D eigenvalue weighted by Gasteiger charge is -2.37. The number of hydrogen-bond acceptors (Lipinski definition) is 9. The lowest BCUT2D eigenvalue weighted by Crippen LogP contribution is -2.58. The molecule has 0 saturated carbocycles. The van der Waals surface area contributed by atoms with Crippen LogP contribution in [0.2, 0.25) is 12.6 Å². The molecule has 13 heteroatoms. The Bertz CT molecular complexity index is 2680. The smallest absolute Gasteiger partial charge is 0.274 e. The molecule has 6 aromatic carbocycles. The molecule has 11 nitrogen and oxygen atoms in total.